The summed E-state index contributed by atoms with van der Waals surface area (Å²) in [7, 11) is 0. The maximum atomic E-state index is 13.0. The van der Waals surface area contributed by atoms with E-state index in [1.54, 1.807) is 0 Å². The van der Waals surface area contributed by atoms with E-state index in [0.29, 0.717) is 10.6 Å². The number of benzene rings is 1. The lowest BCUT2D eigenvalue weighted by Gasteiger charge is -2.20. The van der Waals surface area contributed by atoms with Crippen molar-refractivity contribution in [1.29, 1.82) is 5.26 Å². The molecule has 17 heavy (non-hydrogen) atoms. The fourth-order valence-electron chi connectivity index (χ4n) is 1.61. The number of halogens is 2. The third-order valence-corrected chi connectivity index (χ3v) is 4.09. The van der Waals surface area contributed by atoms with Crippen LogP contribution < -0.4 is 5.73 Å². The van der Waals surface area contributed by atoms with Crippen molar-refractivity contribution >= 4 is 11.8 Å². The van der Waals surface area contributed by atoms with Crippen LogP contribution in [0, 0.1) is 28.9 Å². The first-order valence-electron chi connectivity index (χ1n) is 5.33. The normalized spacial score (nSPS) is 18.5. The second-order valence-electron chi connectivity index (χ2n) is 4.29. The van der Waals surface area contributed by atoms with Crippen LogP contribution >= 0.6 is 11.8 Å². The second kappa shape index (κ2) is 4.63. The number of hydrogen-bond donors (Lipinski definition) is 1. The van der Waals surface area contributed by atoms with Crippen molar-refractivity contribution in [2.75, 3.05) is 5.75 Å². The van der Waals surface area contributed by atoms with Crippen LogP contribution in [-0.2, 0) is 0 Å². The Morgan fingerprint density at radius 3 is 2.65 bits per heavy atom. The van der Waals surface area contributed by atoms with Crippen LogP contribution in [0.2, 0.25) is 0 Å². The molecule has 1 unspecified atom stereocenters. The Kier molecular flexibility index (Phi) is 3.36. The van der Waals surface area contributed by atoms with Gasteiger partial charge in [0.2, 0.25) is 0 Å². The minimum atomic E-state index is -0.874. The molecule has 0 aromatic heterocycles. The van der Waals surface area contributed by atoms with Crippen LogP contribution in [-0.4, -0.2) is 11.3 Å². The molecule has 2 nitrogen and oxygen atoms in total. The molecule has 0 heterocycles. The molecule has 1 atom stereocenters. The molecule has 90 valence electrons. The predicted octanol–water partition coefficient (Wildman–Crippen LogP) is 2.69. The Morgan fingerprint density at radius 1 is 1.41 bits per heavy atom. The lowest BCUT2D eigenvalue weighted by atomic mass is 10.00. The molecule has 0 bridgehead atoms. The largest absolute Gasteiger partial charge is 0.312 e. The third kappa shape index (κ3) is 2.76. The van der Waals surface area contributed by atoms with Crippen molar-refractivity contribution in [3.05, 3.63) is 29.8 Å². The van der Waals surface area contributed by atoms with E-state index in [-0.39, 0.29) is 5.92 Å². The average molecular weight is 254 g/mol. The molecule has 1 aromatic rings. The zero-order valence-electron chi connectivity index (χ0n) is 9.12. The van der Waals surface area contributed by atoms with Crippen LogP contribution in [0.5, 0.6) is 0 Å². The summed E-state index contributed by atoms with van der Waals surface area (Å²) in [5.41, 5.74) is 5.12. The Labute approximate surface area is 103 Å². The van der Waals surface area contributed by atoms with Crippen LogP contribution in [0.3, 0.4) is 0 Å². The number of nitrogens with zero attached hydrogens (tertiary/aromatic N) is 1. The highest BCUT2D eigenvalue weighted by Crippen LogP contribution is 2.40. The van der Waals surface area contributed by atoms with Gasteiger partial charge in [-0.25, -0.2) is 8.78 Å². The lowest BCUT2D eigenvalue weighted by Crippen LogP contribution is -2.43. The molecule has 5 heteroatoms. The van der Waals surface area contributed by atoms with E-state index >= 15 is 0 Å². The first-order chi connectivity index (χ1) is 8.05. The van der Waals surface area contributed by atoms with Gasteiger partial charge in [-0.05, 0) is 37.0 Å². The molecule has 1 aromatic carbocycles. The predicted molar refractivity (Wildman–Crippen MR) is 62.3 cm³/mol. The van der Waals surface area contributed by atoms with Crippen molar-refractivity contribution in [3.63, 3.8) is 0 Å². The number of hydrogen-bond acceptors (Lipinski definition) is 3. The molecule has 0 radical (unpaired) electrons. The maximum Gasteiger partial charge on any atom is 0.159 e. The van der Waals surface area contributed by atoms with Gasteiger partial charge in [-0.3, -0.25) is 0 Å². The Bertz CT molecular complexity index is 468. The number of thioether (sulfide) groups is 1. The van der Waals surface area contributed by atoms with Crippen molar-refractivity contribution < 1.29 is 8.78 Å². The minimum absolute atomic E-state index is 0.241. The highest BCUT2D eigenvalue weighted by Gasteiger charge is 2.42. The van der Waals surface area contributed by atoms with Crippen LogP contribution in [0.25, 0.3) is 0 Å². The average Bonchev–Trinajstić information content (AvgIpc) is 3.14. The van der Waals surface area contributed by atoms with Gasteiger partial charge in [0.15, 0.2) is 11.6 Å². The molecule has 2 rings (SSSR count). The molecule has 1 aliphatic rings. The van der Waals surface area contributed by atoms with Crippen LogP contribution in [0.15, 0.2) is 23.1 Å². The molecule has 2 N–H and O–H groups in total. The van der Waals surface area contributed by atoms with Gasteiger partial charge in [-0.2, -0.15) is 5.26 Å². The SMILES string of the molecule is N#CC(N)(CSc1ccc(F)c(F)c1)C1CC1. The van der Waals surface area contributed by atoms with Crippen molar-refractivity contribution in [3.8, 4) is 6.07 Å². The van der Waals surface area contributed by atoms with Crippen molar-refractivity contribution in [1.82, 2.24) is 0 Å². The first-order valence-corrected chi connectivity index (χ1v) is 6.32. The van der Waals surface area contributed by atoms with Gasteiger partial charge in [0.25, 0.3) is 0 Å². The molecule has 1 aliphatic carbocycles. The van der Waals surface area contributed by atoms with Gasteiger partial charge < -0.3 is 5.73 Å². The van der Waals surface area contributed by atoms with Crippen LogP contribution in [0.1, 0.15) is 12.8 Å². The Balaban J connectivity index is 2.02. The molecule has 1 saturated carbocycles. The smallest absolute Gasteiger partial charge is 0.159 e. The van der Waals surface area contributed by atoms with Crippen molar-refractivity contribution in [2.45, 2.75) is 23.3 Å². The maximum absolute atomic E-state index is 13.0. The molecular formula is C12H12F2N2S. The molecular weight excluding hydrogens is 242 g/mol. The zero-order valence-corrected chi connectivity index (χ0v) is 9.94. The second-order valence-corrected chi connectivity index (χ2v) is 5.34. The van der Waals surface area contributed by atoms with Gasteiger partial charge in [0.05, 0.1) is 6.07 Å². The topological polar surface area (TPSA) is 49.8 Å². The van der Waals surface area contributed by atoms with E-state index in [1.165, 1.54) is 17.8 Å². The minimum Gasteiger partial charge on any atom is -0.312 e. The number of nitrogens with two attached hydrogens (primary N) is 1. The summed E-state index contributed by atoms with van der Waals surface area (Å²) in [5.74, 6) is -1.10. The highest BCUT2D eigenvalue weighted by atomic mass is 32.2. The standard InChI is InChI=1S/C12H12F2N2S/c13-10-4-3-9(5-11(10)14)17-7-12(16,6-15)8-1-2-8/h3-5,8H,1-2,7,16H2. The van der Waals surface area contributed by atoms with Gasteiger partial charge in [0.1, 0.15) is 5.54 Å². The van der Waals surface area contributed by atoms with E-state index in [1.807, 2.05) is 0 Å². The highest BCUT2D eigenvalue weighted by molar-refractivity contribution is 7.99. The fraction of sp³-hybridized carbons (Fsp3) is 0.417. The number of rotatable bonds is 4. The fourth-order valence-corrected chi connectivity index (χ4v) is 2.67. The summed E-state index contributed by atoms with van der Waals surface area (Å²) in [4.78, 5) is 0.592. The summed E-state index contributed by atoms with van der Waals surface area (Å²) in [6.07, 6.45) is 1.95. The molecule has 0 aliphatic heterocycles. The van der Waals surface area contributed by atoms with E-state index in [0.717, 1.165) is 25.0 Å². The van der Waals surface area contributed by atoms with Gasteiger partial charge in [-0.1, -0.05) is 0 Å². The monoisotopic (exact) mass is 254 g/mol. The quantitative estimate of drug-likeness (QED) is 0.840. The summed E-state index contributed by atoms with van der Waals surface area (Å²) < 4.78 is 25.7. The van der Waals surface area contributed by atoms with E-state index in [9.17, 15) is 8.78 Å². The van der Waals surface area contributed by atoms with E-state index < -0.39 is 17.2 Å². The molecule has 1 fully saturated rings. The summed E-state index contributed by atoms with van der Waals surface area (Å²) in [5, 5.41) is 9.05. The Hall–Kier alpha value is -1.12. The summed E-state index contributed by atoms with van der Waals surface area (Å²) >= 11 is 1.29. The summed E-state index contributed by atoms with van der Waals surface area (Å²) in [6, 6.07) is 5.83. The van der Waals surface area contributed by atoms with Gasteiger partial charge in [0, 0.05) is 10.6 Å². The lowest BCUT2D eigenvalue weighted by molar-refractivity contribution is 0.505. The van der Waals surface area contributed by atoms with E-state index in [2.05, 4.69) is 6.07 Å². The van der Waals surface area contributed by atoms with E-state index in [4.69, 9.17) is 11.0 Å². The summed E-state index contributed by atoms with van der Waals surface area (Å²) in [6.45, 7) is 0. The van der Waals surface area contributed by atoms with Crippen molar-refractivity contribution in [2.24, 2.45) is 11.7 Å². The molecule has 0 saturated heterocycles. The molecule has 0 amide bonds. The third-order valence-electron chi connectivity index (χ3n) is 2.88. The zero-order chi connectivity index (χ0) is 12.5. The van der Waals surface area contributed by atoms with Gasteiger partial charge in [-0.15, -0.1) is 11.8 Å². The molecule has 0 spiro atoms. The van der Waals surface area contributed by atoms with Gasteiger partial charge >= 0.3 is 0 Å². The number of nitriles is 1. The Morgan fingerprint density at radius 2 is 2.12 bits per heavy atom. The van der Waals surface area contributed by atoms with Crippen LogP contribution in [0.4, 0.5) is 8.78 Å². The first kappa shape index (κ1) is 12.3.